The summed E-state index contributed by atoms with van der Waals surface area (Å²) in [5.41, 5.74) is 0. The van der Waals surface area contributed by atoms with Crippen molar-refractivity contribution in [1.82, 2.24) is 0 Å². The smallest absolute Gasteiger partial charge is 0.261 e. The zero-order valence-corrected chi connectivity index (χ0v) is 3.80. The summed E-state index contributed by atoms with van der Waals surface area (Å²) in [5, 5.41) is 6.32. The maximum absolute atomic E-state index is 9.78. The van der Waals surface area contributed by atoms with E-state index in [0.29, 0.717) is 0 Å². The maximum Gasteiger partial charge on any atom is 0.261 e. The first kappa shape index (κ1) is 5.27. The molecule has 0 heterocycles. The molecule has 3 nitrogen and oxygen atoms in total. The highest BCUT2D eigenvalue weighted by atomic mass is 16.1. The number of carbonyl (C=O) groups excluding carboxylic acids is 1. The van der Waals surface area contributed by atoms with Gasteiger partial charge in [0, 0.05) is 14.0 Å². The molecule has 0 aliphatic heterocycles. The summed E-state index contributed by atoms with van der Waals surface area (Å²) in [6.07, 6.45) is 0. The molecule has 0 fully saturated rings. The van der Waals surface area contributed by atoms with Gasteiger partial charge in [0.25, 0.3) is 5.91 Å². The summed E-state index contributed by atoms with van der Waals surface area (Å²) in [6, 6.07) is 0. The summed E-state index contributed by atoms with van der Waals surface area (Å²) in [7, 11) is 1.46. The molecule has 0 aromatic carbocycles. The molecule has 0 rings (SSSR count). The molecular formula is C3H6N2O. The molecule has 0 N–H and O–H groups in total. The fourth-order valence-electron chi connectivity index (χ4n) is 0.141. The fourth-order valence-corrected chi connectivity index (χ4v) is 0.141. The van der Waals surface area contributed by atoms with E-state index in [1.807, 2.05) is 0 Å². The van der Waals surface area contributed by atoms with E-state index in [-0.39, 0.29) is 5.91 Å². The van der Waals surface area contributed by atoms with Gasteiger partial charge >= 0.3 is 0 Å². The highest BCUT2D eigenvalue weighted by Crippen LogP contribution is 1.68. The van der Waals surface area contributed by atoms with Crippen LogP contribution in [0.15, 0.2) is 10.2 Å². The monoisotopic (exact) mass is 86.0 g/mol. The summed E-state index contributed by atoms with van der Waals surface area (Å²) in [5.74, 6) is -0.252. The molecule has 0 radical (unpaired) electrons. The van der Waals surface area contributed by atoms with Gasteiger partial charge in [-0.1, -0.05) is 0 Å². The number of hydrogen-bond donors (Lipinski definition) is 0. The van der Waals surface area contributed by atoms with E-state index >= 15 is 0 Å². The molecular weight excluding hydrogens is 80.0 g/mol. The van der Waals surface area contributed by atoms with E-state index in [2.05, 4.69) is 10.2 Å². The van der Waals surface area contributed by atoms with Crippen LogP contribution in [0.25, 0.3) is 0 Å². The largest absolute Gasteiger partial charge is 0.271 e. The van der Waals surface area contributed by atoms with E-state index in [4.69, 9.17) is 0 Å². The molecule has 0 aliphatic rings. The maximum atomic E-state index is 9.78. The van der Waals surface area contributed by atoms with Crippen LogP contribution in [0, 0.1) is 0 Å². The lowest BCUT2D eigenvalue weighted by Gasteiger charge is -1.68. The average Bonchev–Trinajstić information content (AvgIpc) is 1.35. The van der Waals surface area contributed by atoms with Gasteiger partial charge in [0.2, 0.25) is 0 Å². The lowest BCUT2D eigenvalue weighted by Crippen LogP contribution is -1.76. The van der Waals surface area contributed by atoms with Crippen LogP contribution in [0.3, 0.4) is 0 Å². The van der Waals surface area contributed by atoms with Crippen LogP contribution in [-0.2, 0) is 4.79 Å². The van der Waals surface area contributed by atoms with E-state index in [1.165, 1.54) is 14.0 Å². The topological polar surface area (TPSA) is 41.8 Å². The summed E-state index contributed by atoms with van der Waals surface area (Å²) >= 11 is 0. The number of rotatable bonds is 0. The molecule has 0 aromatic heterocycles. The predicted molar refractivity (Wildman–Crippen MR) is 21.5 cm³/mol. The highest BCUT2D eigenvalue weighted by molar-refractivity contribution is 5.73. The van der Waals surface area contributed by atoms with Gasteiger partial charge < -0.3 is 0 Å². The van der Waals surface area contributed by atoms with Crippen molar-refractivity contribution in [3.05, 3.63) is 0 Å². The van der Waals surface area contributed by atoms with Gasteiger partial charge in [-0.2, -0.15) is 5.11 Å². The van der Waals surface area contributed by atoms with E-state index in [1.54, 1.807) is 0 Å². The van der Waals surface area contributed by atoms with Crippen LogP contribution in [0.4, 0.5) is 0 Å². The number of carbonyl (C=O) groups is 1. The van der Waals surface area contributed by atoms with Crippen molar-refractivity contribution in [3.8, 4) is 0 Å². The molecule has 0 unspecified atom stereocenters. The van der Waals surface area contributed by atoms with Gasteiger partial charge in [-0.25, -0.2) is 0 Å². The third kappa shape index (κ3) is 3.27. The van der Waals surface area contributed by atoms with Crippen molar-refractivity contribution >= 4 is 5.91 Å². The first-order valence-corrected chi connectivity index (χ1v) is 1.57. The highest BCUT2D eigenvalue weighted by Gasteiger charge is 1.75. The van der Waals surface area contributed by atoms with Crippen LogP contribution in [0.2, 0.25) is 0 Å². The second-order valence-corrected chi connectivity index (χ2v) is 0.819. The van der Waals surface area contributed by atoms with Crippen LogP contribution >= 0.6 is 0 Å². The van der Waals surface area contributed by atoms with Crippen molar-refractivity contribution in [3.63, 3.8) is 0 Å². The third-order valence-electron chi connectivity index (χ3n) is 0.241. The van der Waals surface area contributed by atoms with Gasteiger partial charge in [0.05, 0.1) is 0 Å². The molecule has 34 valence electrons. The van der Waals surface area contributed by atoms with E-state index in [9.17, 15) is 4.79 Å². The Kier molecular flexibility index (Phi) is 2.20. The van der Waals surface area contributed by atoms with Gasteiger partial charge in [0.1, 0.15) is 0 Å². The van der Waals surface area contributed by atoms with Gasteiger partial charge in [-0.15, -0.1) is 5.11 Å². The van der Waals surface area contributed by atoms with Crippen LogP contribution < -0.4 is 0 Å². The summed E-state index contributed by atoms with van der Waals surface area (Å²) < 4.78 is 0. The number of amides is 1. The van der Waals surface area contributed by atoms with Crippen LogP contribution in [-0.4, -0.2) is 13.0 Å². The summed E-state index contributed by atoms with van der Waals surface area (Å²) in [6.45, 7) is 1.35. The Bertz CT molecular complexity index is 76.9. The second kappa shape index (κ2) is 2.50. The standard InChI is InChI=1S/C3H6N2O/c1-3(6)5-4-2/h1-2H3/b5-4+. The van der Waals surface area contributed by atoms with Crippen molar-refractivity contribution < 1.29 is 4.79 Å². The van der Waals surface area contributed by atoms with Crippen molar-refractivity contribution in [2.75, 3.05) is 7.05 Å². The molecule has 0 aliphatic carbocycles. The van der Waals surface area contributed by atoms with Crippen molar-refractivity contribution in [2.45, 2.75) is 6.92 Å². The molecule has 0 bridgehead atoms. The van der Waals surface area contributed by atoms with Crippen molar-refractivity contribution in [2.24, 2.45) is 10.2 Å². The lowest BCUT2D eigenvalue weighted by molar-refractivity contribution is -0.116. The Labute approximate surface area is 36.1 Å². The number of azo groups is 1. The minimum Gasteiger partial charge on any atom is -0.271 e. The van der Waals surface area contributed by atoms with E-state index < -0.39 is 0 Å². The Hall–Kier alpha value is -0.730. The minimum absolute atomic E-state index is 0.252. The molecule has 0 saturated heterocycles. The molecule has 0 atom stereocenters. The molecule has 0 spiro atoms. The normalized spacial score (nSPS) is 9.67. The lowest BCUT2D eigenvalue weighted by atomic mass is 10.8. The second-order valence-electron chi connectivity index (χ2n) is 0.819. The Balaban J connectivity index is 3.30. The number of nitrogens with zero attached hydrogens (tertiary/aromatic N) is 2. The molecule has 6 heavy (non-hydrogen) atoms. The van der Waals surface area contributed by atoms with Crippen LogP contribution in [0.1, 0.15) is 6.92 Å². The predicted octanol–water partition coefficient (Wildman–Crippen LogP) is 0.615. The first-order chi connectivity index (χ1) is 2.77. The third-order valence-corrected chi connectivity index (χ3v) is 0.241. The number of hydrogen-bond acceptors (Lipinski definition) is 2. The SMILES string of the molecule is C/N=N/C(C)=O. The first-order valence-electron chi connectivity index (χ1n) is 1.57. The molecule has 1 amide bonds. The molecule has 3 heteroatoms. The van der Waals surface area contributed by atoms with Gasteiger partial charge in [-0.3, -0.25) is 4.79 Å². The Morgan fingerprint density at radius 1 is 1.67 bits per heavy atom. The van der Waals surface area contributed by atoms with Gasteiger partial charge in [0.15, 0.2) is 0 Å². The van der Waals surface area contributed by atoms with Crippen molar-refractivity contribution in [1.29, 1.82) is 0 Å². The summed E-state index contributed by atoms with van der Waals surface area (Å²) in [4.78, 5) is 9.78. The van der Waals surface area contributed by atoms with Gasteiger partial charge in [-0.05, 0) is 0 Å². The Morgan fingerprint density at radius 3 is 2.17 bits per heavy atom. The quantitative estimate of drug-likeness (QED) is 0.398. The average molecular weight is 86.1 g/mol. The zero-order valence-electron chi connectivity index (χ0n) is 3.80. The molecule has 0 aromatic rings. The zero-order chi connectivity index (χ0) is 4.99. The fraction of sp³-hybridized carbons (Fsp3) is 0.667. The van der Waals surface area contributed by atoms with Crippen LogP contribution in [0.5, 0.6) is 0 Å². The Morgan fingerprint density at radius 2 is 2.17 bits per heavy atom. The minimum atomic E-state index is -0.252. The van der Waals surface area contributed by atoms with E-state index in [0.717, 1.165) is 0 Å². The molecule has 0 saturated carbocycles.